The van der Waals surface area contributed by atoms with Crippen LogP contribution in [-0.2, 0) is 14.1 Å². The van der Waals surface area contributed by atoms with Gasteiger partial charge in [-0.25, -0.2) is 0 Å². The summed E-state index contributed by atoms with van der Waals surface area (Å²) in [7, 11) is 3.80. The third-order valence-corrected chi connectivity index (χ3v) is 10.8. The molecule has 55 heavy (non-hydrogen) atoms. The predicted octanol–water partition coefficient (Wildman–Crippen LogP) is 9.93. The Kier molecular flexibility index (Phi) is 10.4. The minimum absolute atomic E-state index is 0.598. The van der Waals surface area contributed by atoms with E-state index in [1.165, 1.54) is 11.8 Å². The number of fused-ring (bicyclic) bond motifs is 4. The molecule has 0 atom stereocenters. The molecule has 0 spiro atoms. The monoisotopic (exact) mass is 864 g/mol. The fourth-order valence-electron chi connectivity index (χ4n) is 5.67. The second-order valence-electron chi connectivity index (χ2n) is 12.1. The molecular formula is C38H27BrCl2N12S2. The van der Waals surface area contributed by atoms with E-state index in [1.54, 1.807) is 33.9 Å². The summed E-state index contributed by atoms with van der Waals surface area (Å²) in [5.41, 5.74) is 7.65. The van der Waals surface area contributed by atoms with Crippen LogP contribution in [0.3, 0.4) is 0 Å². The largest absolute Gasteiger partial charge is 0.277 e. The molecule has 0 radical (unpaired) electrons. The predicted molar refractivity (Wildman–Crippen MR) is 223 cm³/mol. The Labute approximate surface area is 340 Å². The first kappa shape index (κ1) is 36.5. The molecule has 17 heteroatoms. The number of nitrogens with zero attached hydrogens (tertiary/aromatic N) is 11. The number of hydrogen-bond acceptors (Lipinski definition) is 9. The highest BCUT2D eigenvalue weighted by atomic mass is 79.9. The third-order valence-electron chi connectivity index (χ3n) is 8.38. The van der Waals surface area contributed by atoms with Crippen LogP contribution in [0.25, 0.3) is 55.4 Å². The van der Waals surface area contributed by atoms with Crippen molar-refractivity contribution < 1.29 is 0 Å². The summed E-state index contributed by atoms with van der Waals surface area (Å²) >= 11 is 22.3. The van der Waals surface area contributed by atoms with Crippen LogP contribution in [0.15, 0.2) is 137 Å². The van der Waals surface area contributed by atoms with Gasteiger partial charge in [0, 0.05) is 93.7 Å². The summed E-state index contributed by atoms with van der Waals surface area (Å²) in [4.78, 5) is 9.55. The quantitative estimate of drug-likeness (QED) is 0.172. The molecule has 8 aromatic heterocycles. The molecule has 2 aromatic carbocycles. The van der Waals surface area contributed by atoms with Gasteiger partial charge in [0.15, 0.2) is 21.2 Å². The zero-order valence-corrected chi connectivity index (χ0v) is 33.6. The average Bonchev–Trinajstić information content (AvgIpc) is 4.01. The van der Waals surface area contributed by atoms with Crippen molar-refractivity contribution in [2.45, 2.75) is 10.1 Å². The van der Waals surface area contributed by atoms with Crippen molar-refractivity contribution in [2.24, 2.45) is 14.1 Å². The van der Waals surface area contributed by atoms with E-state index in [0.717, 1.165) is 74.9 Å². The molecule has 0 amide bonds. The number of aromatic amines is 1. The molecule has 8 heterocycles. The summed E-state index contributed by atoms with van der Waals surface area (Å²) in [5, 5.41) is 27.9. The molecule has 10 rings (SSSR count). The van der Waals surface area contributed by atoms with Crippen LogP contribution >= 0.6 is 63.1 Å². The van der Waals surface area contributed by atoms with Crippen molar-refractivity contribution in [1.29, 1.82) is 0 Å². The fourth-order valence-corrected chi connectivity index (χ4v) is 7.49. The van der Waals surface area contributed by atoms with Crippen molar-refractivity contribution in [2.75, 3.05) is 0 Å². The maximum absolute atomic E-state index is 6.31. The van der Waals surface area contributed by atoms with E-state index in [0.29, 0.717) is 9.79 Å². The number of aryl methyl sites for hydroxylation is 2. The Bertz CT molecular complexity index is 3040. The summed E-state index contributed by atoms with van der Waals surface area (Å²) in [6, 6.07) is 23.4. The highest BCUT2D eigenvalue weighted by molar-refractivity contribution is 9.10. The Morgan fingerprint density at radius 2 is 1.25 bits per heavy atom. The van der Waals surface area contributed by atoms with E-state index >= 15 is 0 Å². The molecule has 0 aliphatic rings. The average molecular weight is 867 g/mol. The normalized spacial score (nSPS) is 11.1. The van der Waals surface area contributed by atoms with Gasteiger partial charge in [-0.3, -0.25) is 33.2 Å². The molecule has 10 aromatic rings. The number of pyridine rings is 4. The third kappa shape index (κ3) is 8.02. The Morgan fingerprint density at radius 1 is 0.655 bits per heavy atom. The van der Waals surface area contributed by atoms with Gasteiger partial charge in [0.2, 0.25) is 0 Å². The highest BCUT2D eigenvalue weighted by Crippen LogP contribution is 2.32. The fraction of sp³-hybridized carbons (Fsp3) is 0.0526. The first-order chi connectivity index (χ1) is 26.7. The lowest BCUT2D eigenvalue weighted by Gasteiger charge is -2.05. The van der Waals surface area contributed by atoms with Gasteiger partial charge in [0.1, 0.15) is 0 Å². The van der Waals surface area contributed by atoms with Crippen LogP contribution in [-0.4, -0.2) is 58.7 Å². The molecule has 0 unspecified atom stereocenters. The van der Waals surface area contributed by atoms with Crippen LogP contribution in [0.1, 0.15) is 0 Å². The van der Waals surface area contributed by atoms with Gasteiger partial charge in [-0.15, -0.1) is 10.2 Å². The zero-order valence-electron chi connectivity index (χ0n) is 28.9. The lowest BCUT2D eigenvalue weighted by atomic mass is 10.2. The van der Waals surface area contributed by atoms with Crippen LogP contribution in [0.2, 0.25) is 10.0 Å². The Morgan fingerprint density at radius 3 is 1.89 bits per heavy atom. The molecule has 0 bridgehead atoms. The smallest absolute Gasteiger partial charge is 0.200 e. The molecular weight excluding hydrogens is 839 g/mol. The summed E-state index contributed by atoms with van der Waals surface area (Å²) in [6.45, 7) is 0. The minimum atomic E-state index is 0.598. The number of rotatable bonds is 4. The van der Waals surface area contributed by atoms with Gasteiger partial charge in [-0.2, -0.15) is 15.3 Å². The summed E-state index contributed by atoms with van der Waals surface area (Å²) in [6.07, 6.45) is 15.0. The van der Waals surface area contributed by atoms with E-state index in [1.807, 2.05) is 121 Å². The standard InChI is InChI=1S/C19H13ClN6S.C10H9N5S.C9H5BrClN/c1-25-10-13(9-22-25)12-2-5-18-23-24-19(26(18)11-12)27-14-3-4-17-15(8-14)16(20)6-7-21-17;1-14-5-8(4-11-14)7-2-3-9-12-13-10(16)15(9)6-7;10-6-1-2-9-7(5-6)8(11)3-4-12-9/h2-11H,1H3;2-6H,1H3,(H,13,16);1-5H. The van der Waals surface area contributed by atoms with Crippen molar-refractivity contribution in [1.82, 2.24) is 58.7 Å². The number of hydrogen-bond donors (Lipinski definition) is 1. The molecule has 1 N–H and O–H groups in total. The number of aromatic nitrogens is 12. The Balaban J connectivity index is 0.000000129. The molecule has 272 valence electrons. The zero-order chi connectivity index (χ0) is 38.1. The minimum Gasteiger partial charge on any atom is -0.277 e. The van der Waals surface area contributed by atoms with Gasteiger partial charge in [-0.05, 0) is 96.8 Å². The molecule has 0 aliphatic heterocycles. The molecule has 0 aliphatic carbocycles. The van der Waals surface area contributed by atoms with Crippen molar-refractivity contribution in [3.63, 3.8) is 0 Å². The SMILES string of the molecule is Clc1ccnc2ccc(Br)cc12.Cn1cc(-c2ccc3n[nH]c(=S)n3c2)cn1.Cn1cc(-c2ccc3nnc(Sc4ccc5nccc(Cl)c5c4)n3c2)cn1. The van der Waals surface area contributed by atoms with Crippen LogP contribution < -0.4 is 0 Å². The number of H-pyrrole nitrogens is 1. The van der Waals surface area contributed by atoms with Gasteiger partial charge in [0.25, 0.3) is 0 Å². The van der Waals surface area contributed by atoms with Crippen LogP contribution in [0.4, 0.5) is 0 Å². The lowest BCUT2D eigenvalue weighted by molar-refractivity contribution is 0.768. The first-order valence-corrected chi connectivity index (χ1v) is 19.3. The highest BCUT2D eigenvalue weighted by Gasteiger charge is 2.11. The van der Waals surface area contributed by atoms with Crippen molar-refractivity contribution in [3.8, 4) is 22.3 Å². The summed E-state index contributed by atoms with van der Waals surface area (Å²) < 4.78 is 9.01. The first-order valence-electron chi connectivity index (χ1n) is 16.5. The van der Waals surface area contributed by atoms with Crippen molar-refractivity contribution in [3.05, 3.63) is 142 Å². The maximum Gasteiger partial charge on any atom is 0.200 e. The van der Waals surface area contributed by atoms with Crippen LogP contribution in [0, 0.1) is 4.77 Å². The second kappa shape index (κ2) is 15.7. The van der Waals surface area contributed by atoms with E-state index in [9.17, 15) is 0 Å². The molecule has 0 saturated carbocycles. The number of benzene rings is 2. The number of nitrogens with one attached hydrogen (secondary N) is 1. The molecule has 12 nitrogen and oxygen atoms in total. The number of halogens is 3. The lowest BCUT2D eigenvalue weighted by Crippen LogP contribution is -1.89. The molecule has 0 fully saturated rings. The second-order valence-corrected chi connectivity index (χ2v) is 15.3. The molecule has 0 saturated heterocycles. The van der Waals surface area contributed by atoms with Gasteiger partial charge in [0.05, 0.1) is 33.5 Å². The maximum atomic E-state index is 6.31. The van der Waals surface area contributed by atoms with E-state index in [2.05, 4.69) is 56.5 Å². The van der Waals surface area contributed by atoms with E-state index in [-0.39, 0.29) is 0 Å². The van der Waals surface area contributed by atoms with Gasteiger partial charge in [-0.1, -0.05) is 39.1 Å². The van der Waals surface area contributed by atoms with Gasteiger partial charge < -0.3 is 0 Å². The topological polar surface area (TPSA) is 125 Å². The van der Waals surface area contributed by atoms with E-state index < -0.39 is 0 Å². The van der Waals surface area contributed by atoms with Crippen molar-refractivity contribution >= 4 is 96.2 Å². The van der Waals surface area contributed by atoms with E-state index in [4.69, 9.17) is 35.4 Å². The van der Waals surface area contributed by atoms with Crippen LogP contribution in [0.5, 0.6) is 0 Å². The van der Waals surface area contributed by atoms with Gasteiger partial charge >= 0.3 is 0 Å². The Hall–Kier alpha value is -5.45. The summed E-state index contributed by atoms with van der Waals surface area (Å²) in [5.74, 6) is 0.